The number of thiophene rings is 1. The van der Waals surface area contributed by atoms with Crippen molar-refractivity contribution in [2.45, 2.75) is 25.8 Å². The monoisotopic (exact) mass is 372 g/mol. The van der Waals surface area contributed by atoms with Crippen molar-refractivity contribution in [2.24, 2.45) is 5.92 Å². The minimum absolute atomic E-state index is 0.0959. The van der Waals surface area contributed by atoms with Gasteiger partial charge in [-0.15, -0.1) is 11.3 Å². The second kappa shape index (κ2) is 8.14. The Balaban J connectivity index is 1.58. The van der Waals surface area contributed by atoms with Gasteiger partial charge < -0.3 is 15.4 Å². The number of benzene rings is 1. The van der Waals surface area contributed by atoms with E-state index in [-0.39, 0.29) is 30.0 Å². The first kappa shape index (κ1) is 18.1. The van der Waals surface area contributed by atoms with E-state index in [4.69, 9.17) is 4.74 Å². The summed E-state index contributed by atoms with van der Waals surface area (Å²) in [7, 11) is 0. The van der Waals surface area contributed by atoms with Gasteiger partial charge in [0.1, 0.15) is 0 Å². The number of rotatable bonds is 7. The molecule has 6 nitrogen and oxygen atoms in total. The van der Waals surface area contributed by atoms with Crippen molar-refractivity contribution in [3.8, 4) is 0 Å². The molecule has 1 fully saturated rings. The number of ether oxygens (including phenoxy) is 1. The molecule has 2 amide bonds. The van der Waals surface area contributed by atoms with E-state index in [0.717, 1.165) is 12.8 Å². The fourth-order valence-electron chi connectivity index (χ4n) is 2.58. The third-order valence-corrected chi connectivity index (χ3v) is 5.06. The summed E-state index contributed by atoms with van der Waals surface area (Å²) in [5, 5.41) is 7.34. The van der Waals surface area contributed by atoms with Crippen molar-refractivity contribution in [3.05, 3.63) is 52.2 Å². The quantitative estimate of drug-likeness (QED) is 0.732. The van der Waals surface area contributed by atoms with E-state index in [2.05, 4.69) is 10.6 Å². The molecule has 1 aromatic heterocycles. The zero-order valence-corrected chi connectivity index (χ0v) is 15.2. The van der Waals surface area contributed by atoms with Gasteiger partial charge in [-0.1, -0.05) is 18.2 Å². The lowest BCUT2D eigenvalue weighted by molar-refractivity contribution is -0.124. The van der Waals surface area contributed by atoms with E-state index in [1.807, 2.05) is 6.92 Å². The van der Waals surface area contributed by atoms with Gasteiger partial charge in [-0.2, -0.15) is 0 Å². The molecule has 1 aliphatic rings. The Morgan fingerprint density at radius 1 is 1.19 bits per heavy atom. The standard InChI is InChI=1S/C19H20N2O4S/c1-12(13-8-9-13)20-17(22)11-25-19(24)14-5-2-3-6-15(14)21-18(23)16-7-4-10-26-16/h2-7,10,12-13H,8-9,11H2,1H3,(H,20,22)(H,21,23). The molecule has 3 rings (SSSR count). The van der Waals surface area contributed by atoms with Gasteiger partial charge in [-0.25, -0.2) is 4.79 Å². The number of amides is 2. The Hall–Kier alpha value is -2.67. The minimum Gasteiger partial charge on any atom is -0.452 e. The normalized spacial score (nSPS) is 14.3. The molecule has 0 aliphatic heterocycles. The van der Waals surface area contributed by atoms with Crippen LogP contribution in [0, 0.1) is 5.92 Å². The van der Waals surface area contributed by atoms with Crippen LogP contribution in [0.3, 0.4) is 0 Å². The highest BCUT2D eigenvalue weighted by atomic mass is 32.1. The van der Waals surface area contributed by atoms with Crippen LogP contribution in [0.2, 0.25) is 0 Å². The third kappa shape index (κ3) is 4.70. The molecule has 2 N–H and O–H groups in total. The summed E-state index contributed by atoms with van der Waals surface area (Å²) < 4.78 is 5.10. The first-order chi connectivity index (χ1) is 12.5. The second-order valence-corrected chi connectivity index (χ2v) is 7.19. The number of carbonyl (C=O) groups is 3. The van der Waals surface area contributed by atoms with Gasteiger partial charge in [0.2, 0.25) is 0 Å². The van der Waals surface area contributed by atoms with Crippen molar-refractivity contribution in [3.63, 3.8) is 0 Å². The Kier molecular flexibility index (Phi) is 5.68. The SMILES string of the molecule is CC(NC(=O)COC(=O)c1ccccc1NC(=O)c1cccs1)C1CC1. The highest BCUT2D eigenvalue weighted by molar-refractivity contribution is 7.12. The number of anilines is 1. The van der Waals surface area contributed by atoms with E-state index in [1.54, 1.807) is 41.8 Å². The van der Waals surface area contributed by atoms with E-state index in [0.29, 0.717) is 16.5 Å². The number of carbonyl (C=O) groups excluding carboxylic acids is 3. The summed E-state index contributed by atoms with van der Waals surface area (Å²) in [5.41, 5.74) is 0.558. The molecule has 1 saturated carbocycles. The molecule has 136 valence electrons. The number of nitrogens with one attached hydrogen (secondary N) is 2. The number of para-hydroxylation sites is 1. The molecular formula is C19H20N2O4S. The van der Waals surface area contributed by atoms with Gasteiger partial charge in [0.15, 0.2) is 6.61 Å². The van der Waals surface area contributed by atoms with Gasteiger partial charge in [-0.05, 0) is 49.3 Å². The van der Waals surface area contributed by atoms with E-state index in [1.165, 1.54) is 11.3 Å². The van der Waals surface area contributed by atoms with Crippen LogP contribution < -0.4 is 10.6 Å². The Bertz CT molecular complexity index is 800. The maximum absolute atomic E-state index is 12.3. The maximum atomic E-state index is 12.3. The van der Waals surface area contributed by atoms with Crippen molar-refractivity contribution in [1.82, 2.24) is 5.32 Å². The Labute approximate surface area is 155 Å². The van der Waals surface area contributed by atoms with Gasteiger partial charge >= 0.3 is 5.97 Å². The molecule has 0 radical (unpaired) electrons. The summed E-state index contributed by atoms with van der Waals surface area (Å²) >= 11 is 1.31. The maximum Gasteiger partial charge on any atom is 0.340 e. The van der Waals surface area contributed by atoms with Crippen molar-refractivity contribution < 1.29 is 19.1 Å². The van der Waals surface area contributed by atoms with E-state index < -0.39 is 5.97 Å². The molecular weight excluding hydrogens is 352 g/mol. The Morgan fingerprint density at radius 2 is 1.96 bits per heavy atom. The molecule has 26 heavy (non-hydrogen) atoms. The van der Waals surface area contributed by atoms with Crippen molar-refractivity contribution >= 4 is 34.8 Å². The predicted molar refractivity (Wildman–Crippen MR) is 99.3 cm³/mol. The van der Waals surface area contributed by atoms with Crippen LogP contribution in [0.4, 0.5) is 5.69 Å². The average Bonchev–Trinajstić information content (AvgIpc) is 3.34. The van der Waals surface area contributed by atoms with Gasteiger partial charge in [0.05, 0.1) is 16.1 Å². The molecule has 2 aromatic rings. The van der Waals surface area contributed by atoms with Crippen LogP contribution in [-0.4, -0.2) is 30.4 Å². The zero-order valence-electron chi connectivity index (χ0n) is 14.4. The molecule has 0 spiro atoms. The van der Waals surface area contributed by atoms with Crippen LogP contribution in [-0.2, 0) is 9.53 Å². The molecule has 1 heterocycles. The second-order valence-electron chi connectivity index (χ2n) is 6.25. The lowest BCUT2D eigenvalue weighted by Crippen LogP contribution is -2.37. The van der Waals surface area contributed by atoms with Gasteiger partial charge in [0, 0.05) is 6.04 Å². The van der Waals surface area contributed by atoms with Crippen LogP contribution in [0.25, 0.3) is 0 Å². The molecule has 0 bridgehead atoms. The fourth-order valence-corrected chi connectivity index (χ4v) is 3.20. The van der Waals surface area contributed by atoms with E-state index >= 15 is 0 Å². The average molecular weight is 372 g/mol. The van der Waals surface area contributed by atoms with Crippen LogP contribution in [0.5, 0.6) is 0 Å². The minimum atomic E-state index is -0.652. The molecule has 1 aromatic carbocycles. The molecule has 1 aliphatic carbocycles. The highest BCUT2D eigenvalue weighted by Crippen LogP contribution is 2.32. The molecule has 1 unspecified atom stereocenters. The first-order valence-corrected chi connectivity index (χ1v) is 9.33. The Morgan fingerprint density at radius 3 is 2.65 bits per heavy atom. The lowest BCUT2D eigenvalue weighted by Gasteiger charge is -2.13. The van der Waals surface area contributed by atoms with E-state index in [9.17, 15) is 14.4 Å². The molecule has 7 heteroatoms. The lowest BCUT2D eigenvalue weighted by atomic mass is 10.1. The third-order valence-electron chi connectivity index (χ3n) is 4.19. The number of hydrogen-bond donors (Lipinski definition) is 2. The van der Waals surface area contributed by atoms with Crippen LogP contribution in [0.15, 0.2) is 41.8 Å². The molecule has 1 atom stereocenters. The van der Waals surface area contributed by atoms with Gasteiger partial charge in [-0.3, -0.25) is 9.59 Å². The van der Waals surface area contributed by atoms with Crippen LogP contribution in [0.1, 0.15) is 39.8 Å². The van der Waals surface area contributed by atoms with Crippen LogP contribution >= 0.6 is 11.3 Å². The van der Waals surface area contributed by atoms with Crippen molar-refractivity contribution in [1.29, 1.82) is 0 Å². The predicted octanol–water partition coefficient (Wildman–Crippen LogP) is 3.07. The van der Waals surface area contributed by atoms with Crippen molar-refractivity contribution in [2.75, 3.05) is 11.9 Å². The first-order valence-electron chi connectivity index (χ1n) is 8.45. The summed E-state index contributed by atoms with van der Waals surface area (Å²) in [6.45, 7) is 1.61. The largest absolute Gasteiger partial charge is 0.452 e. The zero-order chi connectivity index (χ0) is 18.5. The highest BCUT2D eigenvalue weighted by Gasteiger charge is 2.29. The topological polar surface area (TPSA) is 84.5 Å². The number of esters is 1. The summed E-state index contributed by atoms with van der Waals surface area (Å²) in [5.74, 6) is -0.738. The smallest absolute Gasteiger partial charge is 0.340 e. The summed E-state index contributed by atoms with van der Waals surface area (Å²) in [6.07, 6.45) is 2.25. The van der Waals surface area contributed by atoms with Gasteiger partial charge in [0.25, 0.3) is 11.8 Å². The summed E-state index contributed by atoms with van der Waals surface area (Å²) in [4.78, 5) is 36.9. The fraction of sp³-hybridized carbons (Fsp3) is 0.316. The molecule has 0 saturated heterocycles. The summed E-state index contributed by atoms with van der Waals surface area (Å²) in [6, 6.07) is 10.1. The number of hydrogen-bond acceptors (Lipinski definition) is 5.